The maximum atomic E-state index is 14.5. The zero-order valence-corrected chi connectivity index (χ0v) is 15.9. The number of halogens is 1. The first-order valence-electron chi connectivity index (χ1n) is 9.36. The first kappa shape index (κ1) is 19.0. The van der Waals surface area contributed by atoms with E-state index in [0.29, 0.717) is 29.4 Å². The van der Waals surface area contributed by atoms with E-state index in [1.807, 2.05) is 6.07 Å². The molecule has 8 nitrogen and oxygen atoms in total. The SMILES string of the molecule is C[C@@H](COc1cnc(-c2nc3ccc(OCC4CC4)cc3o2)c(F)c1)NC(N)=O. The number of fused-ring (bicyclic) bond motifs is 1. The van der Waals surface area contributed by atoms with Gasteiger partial charge in [-0.1, -0.05) is 0 Å². The number of benzene rings is 1. The highest BCUT2D eigenvalue weighted by atomic mass is 19.1. The van der Waals surface area contributed by atoms with Crippen molar-refractivity contribution >= 4 is 17.1 Å². The minimum atomic E-state index is -0.655. The molecule has 0 saturated heterocycles. The largest absolute Gasteiger partial charge is 0.493 e. The molecule has 0 unspecified atom stereocenters. The van der Waals surface area contributed by atoms with Crippen LogP contribution in [0, 0.1) is 11.7 Å². The van der Waals surface area contributed by atoms with Gasteiger partial charge in [-0.25, -0.2) is 19.2 Å². The number of carbonyl (C=O) groups is 1. The zero-order valence-electron chi connectivity index (χ0n) is 15.9. The van der Waals surface area contributed by atoms with Crippen molar-refractivity contribution in [1.82, 2.24) is 15.3 Å². The van der Waals surface area contributed by atoms with Crippen LogP contribution in [-0.4, -0.2) is 35.3 Å². The first-order valence-corrected chi connectivity index (χ1v) is 9.36. The van der Waals surface area contributed by atoms with E-state index in [2.05, 4.69) is 15.3 Å². The summed E-state index contributed by atoms with van der Waals surface area (Å²) in [6, 6.07) is 5.54. The molecule has 29 heavy (non-hydrogen) atoms. The molecule has 3 aromatic rings. The number of amides is 2. The number of nitrogens with zero attached hydrogens (tertiary/aromatic N) is 2. The van der Waals surface area contributed by atoms with E-state index >= 15 is 0 Å². The number of pyridine rings is 1. The summed E-state index contributed by atoms with van der Waals surface area (Å²) >= 11 is 0. The van der Waals surface area contributed by atoms with E-state index in [9.17, 15) is 9.18 Å². The van der Waals surface area contributed by atoms with E-state index in [4.69, 9.17) is 19.6 Å². The minimum absolute atomic E-state index is 0.0164. The molecule has 152 valence electrons. The average molecular weight is 400 g/mol. The molecule has 1 atom stereocenters. The van der Waals surface area contributed by atoms with Gasteiger partial charge >= 0.3 is 6.03 Å². The van der Waals surface area contributed by atoms with Gasteiger partial charge < -0.3 is 24.9 Å². The van der Waals surface area contributed by atoms with Crippen LogP contribution >= 0.6 is 0 Å². The van der Waals surface area contributed by atoms with Crippen LogP contribution in [0.25, 0.3) is 22.7 Å². The van der Waals surface area contributed by atoms with E-state index < -0.39 is 11.8 Å². The van der Waals surface area contributed by atoms with Crippen LogP contribution in [0.3, 0.4) is 0 Å². The highest BCUT2D eigenvalue weighted by molar-refractivity contribution is 5.77. The van der Waals surface area contributed by atoms with Gasteiger partial charge in [-0.05, 0) is 37.8 Å². The van der Waals surface area contributed by atoms with Crippen LogP contribution in [-0.2, 0) is 0 Å². The number of nitrogens with two attached hydrogens (primary N) is 1. The fourth-order valence-corrected chi connectivity index (χ4v) is 2.76. The lowest BCUT2D eigenvalue weighted by molar-refractivity contribution is 0.233. The van der Waals surface area contributed by atoms with Crippen molar-refractivity contribution in [2.75, 3.05) is 13.2 Å². The van der Waals surface area contributed by atoms with Gasteiger partial charge in [-0.15, -0.1) is 0 Å². The number of hydrogen-bond acceptors (Lipinski definition) is 6. The summed E-state index contributed by atoms with van der Waals surface area (Å²) in [5.41, 5.74) is 6.12. The smallest absolute Gasteiger partial charge is 0.312 e. The lowest BCUT2D eigenvalue weighted by atomic mass is 10.3. The predicted octanol–water partition coefficient (Wildman–Crippen LogP) is 3.25. The van der Waals surface area contributed by atoms with Gasteiger partial charge in [-0.2, -0.15) is 0 Å². The highest BCUT2D eigenvalue weighted by Crippen LogP contribution is 2.31. The standard InChI is InChI=1S/C20H21FN4O4/c1-11(24-20(22)26)9-27-14-6-15(21)18(23-8-14)19-25-16-5-4-13(7-17(16)29-19)28-10-12-2-3-12/h4-8,11-12H,2-3,9-10H2,1H3,(H3,22,24,26)/t11-/m0/s1. The molecule has 2 amide bonds. The second-order valence-corrected chi connectivity index (χ2v) is 7.13. The summed E-state index contributed by atoms with van der Waals surface area (Å²) in [4.78, 5) is 19.2. The third kappa shape index (κ3) is 4.74. The number of hydrogen-bond donors (Lipinski definition) is 2. The van der Waals surface area contributed by atoms with Crippen molar-refractivity contribution in [2.24, 2.45) is 11.7 Å². The minimum Gasteiger partial charge on any atom is -0.493 e. The molecule has 4 rings (SSSR count). The number of primary amides is 1. The molecular formula is C20H21FN4O4. The quantitative estimate of drug-likeness (QED) is 0.600. The van der Waals surface area contributed by atoms with Crippen molar-refractivity contribution < 1.29 is 23.1 Å². The molecule has 2 heterocycles. The Bertz CT molecular complexity index is 1030. The Hall–Kier alpha value is -3.36. The van der Waals surface area contributed by atoms with Crippen LogP contribution in [0.1, 0.15) is 19.8 Å². The van der Waals surface area contributed by atoms with Crippen LogP contribution in [0.4, 0.5) is 9.18 Å². The van der Waals surface area contributed by atoms with Crippen LogP contribution in [0.5, 0.6) is 11.5 Å². The molecule has 0 bridgehead atoms. The Balaban J connectivity index is 1.47. The van der Waals surface area contributed by atoms with E-state index in [1.165, 1.54) is 25.1 Å². The molecular weight excluding hydrogens is 379 g/mol. The van der Waals surface area contributed by atoms with Gasteiger partial charge in [0.25, 0.3) is 0 Å². The van der Waals surface area contributed by atoms with Crippen molar-refractivity contribution in [1.29, 1.82) is 0 Å². The maximum absolute atomic E-state index is 14.5. The number of oxazole rings is 1. The van der Waals surface area contributed by atoms with Crippen molar-refractivity contribution in [3.63, 3.8) is 0 Å². The average Bonchev–Trinajstić information content (AvgIpc) is 3.41. The summed E-state index contributed by atoms with van der Waals surface area (Å²) in [5.74, 6) is 1.01. The number of urea groups is 1. The van der Waals surface area contributed by atoms with E-state index in [1.54, 1.807) is 19.1 Å². The molecule has 1 fully saturated rings. The Morgan fingerprint density at radius 3 is 2.90 bits per heavy atom. The summed E-state index contributed by atoms with van der Waals surface area (Å²) < 4.78 is 31.4. The van der Waals surface area contributed by atoms with Gasteiger partial charge in [0, 0.05) is 12.1 Å². The van der Waals surface area contributed by atoms with Gasteiger partial charge in [-0.3, -0.25) is 0 Å². The molecule has 9 heteroatoms. The normalized spacial score (nSPS) is 14.6. The summed E-state index contributed by atoms with van der Waals surface area (Å²) in [7, 11) is 0. The molecule has 1 aliphatic carbocycles. The fraction of sp³-hybridized carbons (Fsp3) is 0.350. The Morgan fingerprint density at radius 2 is 2.17 bits per heavy atom. The lowest BCUT2D eigenvalue weighted by Gasteiger charge is -2.13. The Kier molecular flexibility index (Phi) is 5.20. The van der Waals surface area contributed by atoms with Crippen LogP contribution in [0.15, 0.2) is 34.9 Å². The van der Waals surface area contributed by atoms with Gasteiger partial charge in [0.1, 0.15) is 23.6 Å². The third-order valence-electron chi connectivity index (χ3n) is 4.45. The molecule has 0 spiro atoms. The lowest BCUT2D eigenvalue weighted by Crippen LogP contribution is -2.40. The van der Waals surface area contributed by atoms with Crippen LogP contribution in [0.2, 0.25) is 0 Å². The number of ether oxygens (including phenoxy) is 2. The van der Waals surface area contributed by atoms with Crippen molar-refractivity contribution in [3.8, 4) is 23.1 Å². The van der Waals surface area contributed by atoms with E-state index in [0.717, 1.165) is 0 Å². The molecule has 0 radical (unpaired) electrons. The van der Waals surface area contributed by atoms with Gasteiger partial charge in [0.05, 0.1) is 18.8 Å². The summed E-state index contributed by atoms with van der Waals surface area (Å²) in [5, 5.41) is 2.47. The topological polar surface area (TPSA) is 112 Å². The molecule has 2 aromatic heterocycles. The summed E-state index contributed by atoms with van der Waals surface area (Å²) in [6.07, 6.45) is 3.79. The Morgan fingerprint density at radius 1 is 1.34 bits per heavy atom. The molecule has 1 aromatic carbocycles. The highest BCUT2D eigenvalue weighted by Gasteiger charge is 2.22. The molecule has 3 N–H and O–H groups in total. The number of carbonyl (C=O) groups excluding carboxylic acids is 1. The molecule has 1 aliphatic rings. The van der Waals surface area contributed by atoms with Crippen LogP contribution < -0.4 is 20.5 Å². The Labute approximate surface area is 166 Å². The number of aromatic nitrogens is 2. The second kappa shape index (κ2) is 7.94. The number of nitrogens with one attached hydrogen (secondary N) is 1. The second-order valence-electron chi connectivity index (χ2n) is 7.13. The third-order valence-corrected chi connectivity index (χ3v) is 4.45. The monoisotopic (exact) mass is 400 g/mol. The maximum Gasteiger partial charge on any atom is 0.312 e. The zero-order chi connectivity index (χ0) is 20.4. The van der Waals surface area contributed by atoms with Gasteiger partial charge in [0.15, 0.2) is 17.1 Å². The van der Waals surface area contributed by atoms with Crippen molar-refractivity contribution in [3.05, 3.63) is 36.3 Å². The molecule has 0 aliphatic heterocycles. The predicted molar refractivity (Wildman–Crippen MR) is 103 cm³/mol. The van der Waals surface area contributed by atoms with Crippen molar-refractivity contribution in [2.45, 2.75) is 25.8 Å². The fourth-order valence-electron chi connectivity index (χ4n) is 2.76. The first-order chi connectivity index (χ1) is 14.0. The van der Waals surface area contributed by atoms with E-state index in [-0.39, 0.29) is 30.0 Å². The van der Waals surface area contributed by atoms with Gasteiger partial charge in [0.2, 0.25) is 5.89 Å². The number of rotatable bonds is 8. The molecule has 1 saturated carbocycles. The summed E-state index contributed by atoms with van der Waals surface area (Å²) in [6.45, 7) is 2.53.